The number of rotatable bonds is 6. The van der Waals surface area contributed by atoms with Crippen LogP contribution in [0, 0.1) is 0 Å². The number of nitrogens with zero attached hydrogens (tertiary/aromatic N) is 3. The predicted molar refractivity (Wildman–Crippen MR) is 80.6 cm³/mol. The third kappa shape index (κ3) is 3.29. The lowest BCUT2D eigenvalue weighted by Gasteiger charge is -2.12. The third-order valence-electron chi connectivity index (χ3n) is 3.44. The number of carbonyl (C=O) groups excluding carboxylic acids is 1. The molecule has 0 bridgehead atoms. The van der Waals surface area contributed by atoms with Gasteiger partial charge < -0.3 is 4.74 Å². The van der Waals surface area contributed by atoms with E-state index in [2.05, 4.69) is 23.9 Å². The van der Waals surface area contributed by atoms with Gasteiger partial charge in [0, 0.05) is 5.92 Å². The van der Waals surface area contributed by atoms with Crippen molar-refractivity contribution in [3.8, 4) is 5.69 Å². The van der Waals surface area contributed by atoms with Crippen LogP contribution in [-0.2, 0) is 4.74 Å². The summed E-state index contributed by atoms with van der Waals surface area (Å²) in [6.07, 6.45) is 1.90. The van der Waals surface area contributed by atoms with Gasteiger partial charge in [0.1, 0.15) is 5.82 Å². The zero-order chi connectivity index (χ0) is 15.2. The number of ether oxygens (including phenoxy) is 1. The molecule has 0 saturated carbocycles. The van der Waals surface area contributed by atoms with Gasteiger partial charge in [0.2, 0.25) is 0 Å². The molecule has 5 nitrogen and oxygen atoms in total. The van der Waals surface area contributed by atoms with E-state index >= 15 is 0 Å². The maximum atomic E-state index is 11.9. The monoisotopic (exact) mass is 287 g/mol. The van der Waals surface area contributed by atoms with E-state index in [-0.39, 0.29) is 11.7 Å². The van der Waals surface area contributed by atoms with E-state index < -0.39 is 5.97 Å². The Morgan fingerprint density at radius 2 is 1.86 bits per heavy atom. The van der Waals surface area contributed by atoms with E-state index in [0.717, 1.165) is 24.4 Å². The Bertz CT molecular complexity index is 589. The molecule has 1 aromatic heterocycles. The van der Waals surface area contributed by atoms with Crippen LogP contribution in [0.5, 0.6) is 0 Å². The molecule has 0 N–H and O–H groups in total. The summed E-state index contributed by atoms with van der Waals surface area (Å²) in [6, 6.07) is 9.74. The normalized spacial score (nSPS) is 10.9. The van der Waals surface area contributed by atoms with Crippen LogP contribution in [0.3, 0.4) is 0 Å². The van der Waals surface area contributed by atoms with Gasteiger partial charge in [0.05, 0.1) is 12.3 Å². The van der Waals surface area contributed by atoms with Gasteiger partial charge in [-0.3, -0.25) is 0 Å². The highest BCUT2D eigenvalue weighted by molar-refractivity contribution is 5.85. The summed E-state index contributed by atoms with van der Waals surface area (Å²) in [5, 5.41) is 4.35. The number of para-hydroxylation sites is 1. The van der Waals surface area contributed by atoms with Crippen LogP contribution in [0.15, 0.2) is 30.3 Å². The van der Waals surface area contributed by atoms with Gasteiger partial charge in [-0.25, -0.2) is 14.5 Å². The zero-order valence-electron chi connectivity index (χ0n) is 12.7. The summed E-state index contributed by atoms with van der Waals surface area (Å²) in [7, 11) is 0. The minimum absolute atomic E-state index is 0.127. The van der Waals surface area contributed by atoms with E-state index in [1.165, 1.54) is 0 Å². The van der Waals surface area contributed by atoms with Crippen molar-refractivity contribution in [2.45, 2.75) is 39.5 Å². The van der Waals surface area contributed by atoms with Crippen LogP contribution < -0.4 is 0 Å². The molecular formula is C16H21N3O2. The average molecular weight is 287 g/mol. The van der Waals surface area contributed by atoms with Gasteiger partial charge in [-0.15, -0.1) is 5.10 Å². The van der Waals surface area contributed by atoms with Crippen molar-refractivity contribution in [1.29, 1.82) is 0 Å². The van der Waals surface area contributed by atoms with Gasteiger partial charge in [-0.1, -0.05) is 32.0 Å². The molecule has 0 aliphatic rings. The minimum Gasteiger partial charge on any atom is -0.460 e. The van der Waals surface area contributed by atoms with E-state index in [1.807, 2.05) is 30.3 Å². The molecule has 5 heteroatoms. The fraction of sp³-hybridized carbons (Fsp3) is 0.438. The summed E-state index contributed by atoms with van der Waals surface area (Å²) < 4.78 is 6.76. The number of carbonyl (C=O) groups is 1. The second kappa shape index (κ2) is 7.02. The molecule has 0 atom stereocenters. The van der Waals surface area contributed by atoms with Crippen LogP contribution in [0.25, 0.3) is 5.69 Å². The fourth-order valence-electron chi connectivity index (χ4n) is 2.28. The van der Waals surface area contributed by atoms with Crippen LogP contribution in [-0.4, -0.2) is 27.3 Å². The molecule has 0 fully saturated rings. The predicted octanol–water partition coefficient (Wildman–Crippen LogP) is 3.35. The van der Waals surface area contributed by atoms with Crippen LogP contribution in [0.4, 0.5) is 0 Å². The highest BCUT2D eigenvalue weighted by Crippen LogP contribution is 2.24. The molecule has 2 rings (SSSR count). The lowest BCUT2D eigenvalue weighted by Crippen LogP contribution is -2.08. The second-order valence-electron chi connectivity index (χ2n) is 4.77. The van der Waals surface area contributed by atoms with Gasteiger partial charge in [-0.2, -0.15) is 0 Å². The molecule has 21 heavy (non-hydrogen) atoms. The molecule has 0 amide bonds. The number of hydrogen-bond acceptors (Lipinski definition) is 4. The molecular weight excluding hydrogens is 266 g/mol. The summed E-state index contributed by atoms with van der Waals surface area (Å²) in [5.41, 5.74) is 0.905. The van der Waals surface area contributed by atoms with E-state index in [0.29, 0.717) is 6.61 Å². The number of esters is 1. The topological polar surface area (TPSA) is 57.0 Å². The first-order valence-corrected chi connectivity index (χ1v) is 7.40. The Hall–Kier alpha value is -2.17. The molecule has 0 spiro atoms. The van der Waals surface area contributed by atoms with Crippen molar-refractivity contribution in [2.24, 2.45) is 0 Å². The van der Waals surface area contributed by atoms with Crippen molar-refractivity contribution in [3.63, 3.8) is 0 Å². The Morgan fingerprint density at radius 3 is 2.43 bits per heavy atom. The quantitative estimate of drug-likeness (QED) is 0.764. The molecule has 112 valence electrons. The molecule has 1 heterocycles. The first-order chi connectivity index (χ1) is 10.2. The van der Waals surface area contributed by atoms with Crippen LogP contribution in [0.1, 0.15) is 56.0 Å². The Balaban J connectivity index is 2.48. The molecule has 0 aliphatic heterocycles. The van der Waals surface area contributed by atoms with Crippen molar-refractivity contribution in [2.75, 3.05) is 6.61 Å². The summed E-state index contributed by atoms with van der Waals surface area (Å²) in [5.74, 6) is 0.733. The Kier molecular flexibility index (Phi) is 5.09. The first-order valence-electron chi connectivity index (χ1n) is 7.40. The largest absolute Gasteiger partial charge is 0.460 e. The molecule has 0 radical (unpaired) electrons. The summed E-state index contributed by atoms with van der Waals surface area (Å²) >= 11 is 0. The third-order valence-corrected chi connectivity index (χ3v) is 3.44. The standard InChI is InChI=1S/C16H21N3O2/c1-4-12(5-2)15-17-14(16(20)21-6-3)18-19(15)13-10-8-7-9-11-13/h7-12H,4-6H2,1-3H3. The SMILES string of the molecule is CCOC(=O)c1nc(C(CC)CC)n(-c2ccccc2)n1. The summed E-state index contributed by atoms with van der Waals surface area (Å²) in [6.45, 7) is 6.32. The molecule has 0 unspecified atom stereocenters. The Labute approximate surface area is 125 Å². The van der Waals surface area contributed by atoms with E-state index in [1.54, 1.807) is 11.6 Å². The van der Waals surface area contributed by atoms with Crippen molar-refractivity contribution in [3.05, 3.63) is 42.0 Å². The maximum absolute atomic E-state index is 11.9. The number of benzene rings is 1. The van der Waals surface area contributed by atoms with E-state index in [9.17, 15) is 4.79 Å². The number of aromatic nitrogens is 3. The molecule has 0 aliphatic carbocycles. The molecule has 1 aromatic carbocycles. The highest BCUT2D eigenvalue weighted by Gasteiger charge is 2.22. The van der Waals surface area contributed by atoms with Gasteiger partial charge >= 0.3 is 5.97 Å². The van der Waals surface area contributed by atoms with Gasteiger partial charge in [0.15, 0.2) is 0 Å². The van der Waals surface area contributed by atoms with Crippen LogP contribution >= 0.6 is 0 Å². The van der Waals surface area contributed by atoms with Crippen molar-refractivity contribution in [1.82, 2.24) is 14.8 Å². The number of hydrogen-bond donors (Lipinski definition) is 0. The van der Waals surface area contributed by atoms with Gasteiger partial charge in [0.25, 0.3) is 5.82 Å². The fourth-order valence-corrected chi connectivity index (χ4v) is 2.28. The molecule has 0 saturated heterocycles. The van der Waals surface area contributed by atoms with Crippen molar-refractivity contribution >= 4 is 5.97 Å². The minimum atomic E-state index is -0.473. The molecule has 2 aromatic rings. The van der Waals surface area contributed by atoms with Crippen LogP contribution in [0.2, 0.25) is 0 Å². The van der Waals surface area contributed by atoms with Gasteiger partial charge in [-0.05, 0) is 31.9 Å². The first kappa shape index (κ1) is 15.2. The second-order valence-corrected chi connectivity index (χ2v) is 4.77. The van der Waals surface area contributed by atoms with E-state index in [4.69, 9.17) is 4.74 Å². The Morgan fingerprint density at radius 1 is 1.19 bits per heavy atom. The maximum Gasteiger partial charge on any atom is 0.378 e. The lowest BCUT2D eigenvalue weighted by molar-refractivity contribution is 0.0512. The smallest absolute Gasteiger partial charge is 0.378 e. The average Bonchev–Trinajstić information content (AvgIpc) is 2.95. The highest BCUT2D eigenvalue weighted by atomic mass is 16.5. The summed E-state index contributed by atoms with van der Waals surface area (Å²) in [4.78, 5) is 16.3. The lowest BCUT2D eigenvalue weighted by atomic mass is 10.0. The zero-order valence-corrected chi connectivity index (χ0v) is 12.7. The van der Waals surface area contributed by atoms with Crippen molar-refractivity contribution < 1.29 is 9.53 Å².